The molecule has 0 bridgehead atoms. The van der Waals surface area contributed by atoms with E-state index in [4.69, 9.17) is 9.15 Å². The van der Waals surface area contributed by atoms with Gasteiger partial charge in [0.2, 0.25) is 5.89 Å². The minimum Gasteiger partial charge on any atom is -0.484 e. The van der Waals surface area contributed by atoms with E-state index in [0.29, 0.717) is 24.1 Å². The Hall–Kier alpha value is -3.27. The molecule has 1 amide bonds. The number of rotatable bonds is 9. The molecule has 0 atom stereocenters. The van der Waals surface area contributed by atoms with E-state index in [1.807, 2.05) is 24.4 Å². The van der Waals surface area contributed by atoms with E-state index in [1.54, 1.807) is 4.90 Å². The Morgan fingerprint density at radius 3 is 2.71 bits per heavy atom. The molecule has 28 heavy (non-hydrogen) atoms. The monoisotopic (exact) mass is 402 g/mol. The largest absolute Gasteiger partial charge is 0.484 e. The molecule has 0 saturated carbocycles. The van der Waals surface area contributed by atoms with Gasteiger partial charge in [-0.25, -0.2) is 0 Å². The van der Waals surface area contributed by atoms with E-state index in [9.17, 15) is 14.9 Å². The van der Waals surface area contributed by atoms with Crippen molar-refractivity contribution < 1.29 is 18.9 Å². The molecule has 0 aliphatic carbocycles. The molecule has 3 rings (SSSR count). The van der Waals surface area contributed by atoms with Crippen LogP contribution in [0.15, 0.2) is 46.2 Å². The van der Waals surface area contributed by atoms with Gasteiger partial charge in [-0.05, 0) is 30.0 Å². The maximum Gasteiger partial charge on any atom is 0.269 e. The molecule has 0 saturated heterocycles. The lowest BCUT2D eigenvalue weighted by Gasteiger charge is -2.20. The molecule has 0 aliphatic heterocycles. The fourth-order valence-corrected chi connectivity index (χ4v) is 3.09. The zero-order chi connectivity index (χ0) is 19.9. The lowest BCUT2D eigenvalue weighted by molar-refractivity contribution is -0.384. The van der Waals surface area contributed by atoms with E-state index in [-0.39, 0.29) is 24.7 Å². The summed E-state index contributed by atoms with van der Waals surface area (Å²) in [5, 5.41) is 20.6. The second-order valence-corrected chi connectivity index (χ2v) is 6.78. The summed E-state index contributed by atoms with van der Waals surface area (Å²) in [6.45, 7) is 2.47. The van der Waals surface area contributed by atoms with Crippen LogP contribution in [-0.2, 0) is 11.3 Å². The maximum absolute atomic E-state index is 12.5. The fraction of sp³-hybridized carbons (Fsp3) is 0.278. The van der Waals surface area contributed by atoms with Crippen LogP contribution in [0.3, 0.4) is 0 Å². The summed E-state index contributed by atoms with van der Waals surface area (Å²) in [4.78, 5) is 25.2. The van der Waals surface area contributed by atoms with Crippen molar-refractivity contribution in [1.29, 1.82) is 0 Å². The fourth-order valence-electron chi connectivity index (χ4n) is 2.44. The number of hydrogen-bond donors (Lipinski definition) is 0. The predicted octanol–water partition coefficient (Wildman–Crippen LogP) is 3.52. The molecule has 2 aromatic heterocycles. The average Bonchev–Trinajstić information content (AvgIpc) is 3.37. The number of aromatic nitrogens is 2. The van der Waals surface area contributed by atoms with Crippen molar-refractivity contribution >= 4 is 22.9 Å². The van der Waals surface area contributed by atoms with Gasteiger partial charge in [-0.15, -0.1) is 21.5 Å². The van der Waals surface area contributed by atoms with Crippen molar-refractivity contribution in [3.05, 3.63) is 57.8 Å². The Balaban J connectivity index is 1.59. The normalized spacial score (nSPS) is 10.6. The van der Waals surface area contributed by atoms with Crippen LogP contribution in [0.5, 0.6) is 5.75 Å². The van der Waals surface area contributed by atoms with E-state index < -0.39 is 4.92 Å². The highest BCUT2D eigenvalue weighted by Gasteiger charge is 2.18. The van der Waals surface area contributed by atoms with Crippen molar-refractivity contribution in [2.24, 2.45) is 0 Å². The number of nitrogens with zero attached hydrogens (tertiary/aromatic N) is 4. The Morgan fingerprint density at radius 1 is 1.29 bits per heavy atom. The first kappa shape index (κ1) is 19.5. The van der Waals surface area contributed by atoms with E-state index in [1.165, 1.54) is 35.6 Å². The van der Waals surface area contributed by atoms with Gasteiger partial charge in [-0.2, -0.15) is 0 Å². The molecule has 146 valence electrons. The highest BCUT2D eigenvalue weighted by atomic mass is 32.1. The Bertz CT molecular complexity index is 924. The van der Waals surface area contributed by atoms with Crippen LogP contribution in [0.1, 0.15) is 19.2 Å². The van der Waals surface area contributed by atoms with Crippen molar-refractivity contribution in [2.75, 3.05) is 13.2 Å². The summed E-state index contributed by atoms with van der Waals surface area (Å²) in [6, 6.07) is 9.35. The number of ether oxygens (including phenoxy) is 1. The molecule has 0 aliphatic rings. The number of hydrogen-bond acceptors (Lipinski definition) is 8. The SMILES string of the molecule is CCCN(Cc1nnc(-c2cccs2)o1)C(=O)COc1ccc([N+](=O)[O-])cc1. The van der Waals surface area contributed by atoms with Gasteiger partial charge in [0, 0.05) is 18.7 Å². The first-order valence-electron chi connectivity index (χ1n) is 8.58. The molecule has 3 aromatic rings. The first-order valence-corrected chi connectivity index (χ1v) is 9.46. The number of nitro groups is 1. The smallest absolute Gasteiger partial charge is 0.269 e. The van der Waals surface area contributed by atoms with Crippen molar-refractivity contribution in [3.63, 3.8) is 0 Å². The first-order chi connectivity index (χ1) is 13.6. The number of benzene rings is 1. The molecule has 0 N–H and O–H groups in total. The summed E-state index contributed by atoms with van der Waals surface area (Å²) >= 11 is 1.49. The van der Waals surface area contributed by atoms with Gasteiger partial charge in [0.05, 0.1) is 16.3 Å². The number of non-ortho nitro benzene ring substituents is 1. The van der Waals surface area contributed by atoms with Crippen LogP contribution in [0.4, 0.5) is 5.69 Å². The highest BCUT2D eigenvalue weighted by molar-refractivity contribution is 7.13. The second-order valence-electron chi connectivity index (χ2n) is 5.83. The third kappa shape index (κ3) is 4.92. The molecule has 0 unspecified atom stereocenters. The number of carbonyl (C=O) groups is 1. The predicted molar refractivity (Wildman–Crippen MR) is 102 cm³/mol. The Labute approximate surface area is 164 Å². The Kier molecular flexibility index (Phi) is 6.33. The average molecular weight is 402 g/mol. The van der Waals surface area contributed by atoms with Gasteiger partial charge in [-0.1, -0.05) is 13.0 Å². The summed E-state index contributed by atoms with van der Waals surface area (Å²) in [7, 11) is 0. The molecule has 0 fully saturated rings. The standard InChI is InChI=1S/C18H18N4O5S/c1-2-9-21(11-16-19-20-18(27-16)15-4-3-10-28-15)17(23)12-26-14-7-5-13(6-8-14)22(24)25/h3-8,10H,2,9,11-12H2,1H3. The van der Waals surface area contributed by atoms with E-state index in [2.05, 4.69) is 10.2 Å². The van der Waals surface area contributed by atoms with Crippen LogP contribution in [0.25, 0.3) is 10.8 Å². The van der Waals surface area contributed by atoms with Gasteiger partial charge >= 0.3 is 0 Å². The summed E-state index contributed by atoms with van der Waals surface area (Å²) < 4.78 is 11.1. The van der Waals surface area contributed by atoms with Crippen molar-refractivity contribution in [2.45, 2.75) is 19.9 Å². The highest BCUT2D eigenvalue weighted by Crippen LogP contribution is 2.23. The van der Waals surface area contributed by atoms with Gasteiger partial charge in [-0.3, -0.25) is 14.9 Å². The number of thiophene rings is 1. The zero-order valence-corrected chi connectivity index (χ0v) is 15.9. The molecule has 0 radical (unpaired) electrons. The molecule has 9 nitrogen and oxygen atoms in total. The minimum absolute atomic E-state index is 0.0378. The molecule has 0 spiro atoms. The number of amides is 1. The minimum atomic E-state index is -0.493. The molecular formula is C18H18N4O5S. The molecule has 10 heteroatoms. The molecule has 1 aromatic carbocycles. The molecular weight excluding hydrogens is 384 g/mol. The second kappa shape index (κ2) is 9.09. The summed E-state index contributed by atoms with van der Waals surface area (Å²) in [5.74, 6) is 0.917. The lowest BCUT2D eigenvalue weighted by Crippen LogP contribution is -2.35. The third-order valence-corrected chi connectivity index (χ3v) is 4.64. The maximum atomic E-state index is 12.5. The van der Waals surface area contributed by atoms with Crippen LogP contribution >= 0.6 is 11.3 Å². The zero-order valence-electron chi connectivity index (χ0n) is 15.1. The van der Waals surface area contributed by atoms with Gasteiger partial charge in [0.15, 0.2) is 6.61 Å². The van der Waals surface area contributed by atoms with Gasteiger partial charge < -0.3 is 14.1 Å². The van der Waals surface area contributed by atoms with Crippen LogP contribution in [0.2, 0.25) is 0 Å². The van der Waals surface area contributed by atoms with E-state index >= 15 is 0 Å². The van der Waals surface area contributed by atoms with Crippen molar-refractivity contribution in [3.8, 4) is 16.5 Å². The third-order valence-electron chi connectivity index (χ3n) is 3.78. The molecule has 2 heterocycles. The van der Waals surface area contributed by atoms with Crippen LogP contribution in [0, 0.1) is 10.1 Å². The van der Waals surface area contributed by atoms with E-state index in [0.717, 1.165) is 11.3 Å². The number of carbonyl (C=O) groups excluding carboxylic acids is 1. The topological polar surface area (TPSA) is 112 Å². The quantitative estimate of drug-likeness (QED) is 0.397. The van der Waals surface area contributed by atoms with Gasteiger partial charge in [0.1, 0.15) is 5.75 Å². The summed E-state index contributed by atoms with van der Waals surface area (Å²) in [5.41, 5.74) is -0.0378. The van der Waals surface area contributed by atoms with Crippen molar-refractivity contribution in [1.82, 2.24) is 15.1 Å². The lowest BCUT2D eigenvalue weighted by atomic mass is 10.3. The van der Waals surface area contributed by atoms with Gasteiger partial charge in [0.25, 0.3) is 17.5 Å². The number of nitro benzene ring substituents is 1. The van der Waals surface area contributed by atoms with Crippen LogP contribution in [-0.4, -0.2) is 39.1 Å². The van der Waals surface area contributed by atoms with Crippen LogP contribution < -0.4 is 4.74 Å². The Morgan fingerprint density at radius 2 is 2.07 bits per heavy atom. The summed E-state index contributed by atoms with van der Waals surface area (Å²) in [6.07, 6.45) is 0.759.